The molecule has 0 heterocycles. The van der Waals surface area contributed by atoms with Crippen LogP contribution in [0.2, 0.25) is 10.0 Å². The molecule has 184 valence electrons. The van der Waals surface area contributed by atoms with E-state index in [-0.39, 0.29) is 27.8 Å². The Hall–Kier alpha value is -3.07. The monoisotopic (exact) mass is 534 g/mol. The number of ether oxygens (including phenoxy) is 1. The maximum Gasteiger partial charge on any atom is 0.338 e. The van der Waals surface area contributed by atoms with Gasteiger partial charge >= 0.3 is 5.97 Å². The lowest BCUT2D eigenvalue weighted by molar-refractivity contribution is -0.114. The number of carbonyl (C=O) groups is 2. The second kappa shape index (κ2) is 11.1. The predicted octanol–water partition coefficient (Wildman–Crippen LogP) is 5.62. The first-order valence-corrected chi connectivity index (χ1v) is 12.8. The summed E-state index contributed by atoms with van der Waals surface area (Å²) in [6, 6.07) is 15.1. The number of hydrogen-bond acceptors (Lipinski definition) is 5. The Kier molecular flexibility index (Phi) is 8.43. The maximum atomic E-state index is 13.5. The zero-order chi connectivity index (χ0) is 25.8. The zero-order valence-corrected chi connectivity index (χ0v) is 21.7. The van der Waals surface area contributed by atoms with Crippen molar-refractivity contribution >= 4 is 56.5 Å². The molecule has 35 heavy (non-hydrogen) atoms. The maximum absolute atomic E-state index is 13.5. The minimum Gasteiger partial charge on any atom is -0.462 e. The van der Waals surface area contributed by atoms with Crippen LogP contribution < -0.4 is 9.62 Å². The van der Waals surface area contributed by atoms with Crippen LogP contribution in [-0.2, 0) is 19.6 Å². The Morgan fingerprint density at radius 2 is 1.63 bits per heavy atom. The van der Waals surface area contributed by atoms with Crippen LogP contribution in [0.15, 0.2) is 65.6 Å². The molecule has 0 aliphatic heterocycles. The Bertz CT molecular complexity index is 1360. The van der Waals surface area contributed by atoms with Crippen LogP contribution in [0.5, 0.6) is 0 Å². The summed E-state index contributed by atoms with van der Waals surface area (Å²) in [7, 11) is -4.10. The second-order valence-electron chi connectivity index (χ2n) is 7.70. The molecule has 3 aromatic rings. The Morgan fingerprint density at radius 1 is 0.943 bits per heavy atom. The van der Waals surface area contributed by atoms with Gasteiger partial charge in [0.1, 0.15) is 6.54 Å². The van der Waals surface area contributed by atoms with Gasteiger partial charge < -0.3 is 10.1 Å². The SMILES string of the molecule is CCOC(=O)c1ccc(NC(=O)CN(c2ccc(C)c(C)c2)S(=O)(=O)c2ccc(Cl)cc2)c(Cl)c1. The van der Waals surface area contributed by atoms with Crippen LogP contribution in [-0.4, -0.2) is 33.4 Å². The topological polar surface area (TPSA) is 92.8 Å². The third-order valence-electron chi connectivity index (χ3n) is 5.22. The lowest BCUT2D eigenvalue weighted by Crippen LogP contribution is -2.38. The van der Waals surface area contributed by atoms with Crippen molar-refractivity contribution in [3.8, 4) is 0 Å². The third kappa shape index (κ3) is 6.33. The summed E-state index contributed by atoms with van der Waals surface area (Å²) in [5, 5.41) is 3.12. The van der Waals surface area contributed by atoms with E-state index in [9.17, 15) is 18.0 Å². The Morgan fingerprint density at radius 3 is 2.23 bits per heavy atom. The molecule has 0 saturated carbocycles. The van der Waals surface area contributed by atoms with E-state index in [0.29, 0.717) is 10.7 Å². The third-order valence-corrected chi connectivity index (χ3v) is 7.57. The molecule has 1 amide bonds. The van der Waals surface area contributed by atoms with Crippen molar-refractivity contribution in [3.63, 3.8) is 0 Å². The minimum absolute atomic E-state index is 0.00949. The molecular formula is C25H24Cl2N2O5S. The van der Waals surface area contributed by atoms with Crippen LogP contribution in [0.3, 0.4) is 0 Å². The van der Waals surface area contributed by atoms with Gasteiger partial charge in [0.05, 0.1) is 33.5 Å². The predicted molar refractivity (Wildman–Crippen MR) is 138 cm³/mol. The lowest BCUT2D eigenvalue weighted by Gasteiger charge is -2.25. The lowest BCUT2D eigenvalue weighted by atomic mass is 10.1. The zero-order valence-electron chi connectivity index (χ0n) is 19.3. The largest absolute Gasteiger partial charge is 0.462 e. The first kappa shape index (κ1) is 26.5. The summed E-state index contributed by atoms with van der Waals surface area (Å²) in [5.74, 6) is -1.16. The summed E-state index contributed by atoms with van der Waals surface area (Å²) >= 11 is 12.2. The average Bonchev–Trinajstić information content (AvgIpc) is 2.81. The number of nitrogens with one attached hydrogen (secondary N) is 1. The number of benzene rings is 3. The van der Waals surface area contributed by atoms with Gasteiger partial charge in [-0.25, -0.2) is 13.2 Å². The van der Waals surface area contributed by atoms with Crippen molar-refractivity contribution in [1.29, 1.82) is 0 Å². The molecule has 1 N–H and O–H groups in total. The standard InChI is InChI=1S/C25H24Cl2N2O5S/c1-4-34-25(31)18-6-12-23(22(27)14-18)28-24(30)15-29(20-9-5-16(2)17(3)13-20)35(32,33)21-10-7-19(26)8-11-21/h5-14H,4,15H2,1-3H3,(H,28,30). The molecule has 3 aromatic carbocycles. The number of carbonyl (C=O) groups excluding carboxylic acids is 2. The van der Waals surface area contributed by atoms with Gasteiger partial charge in [0.25, 0.3) is 10.0 Å². The fourth-order valence-electron chi connectivity index (χ4n) is 3.21. The van der Waals surface area contributed by atoms with Crippen LogP contribution in [0, 0.1) is 13.8 Å². The van der Waals surface area contributed by atoms with E-state index in [2.05, 4.69) is 5.32 Å². The van der Waals surface area contributed by atoms with Gasteiger partial charge in [0.2, 0.25) is 5.91 Å². The number of halogens is 2. The number of rotatable bonds is 8. The molecule has 0 atom stereocenters. The average molecular weight is 535 g/mol. The highest BCUT2D eigenvalue weighted by Gasteiger charge is 2.28. The number of sulfonamides is 1. The summed E-state index contributed by atoms with van der Waals surface area (Å²) in [5.41, 5.74) is 2.65. The second-order valence-corrected chi connectivity index (χ2v) is 10.4. The number of aryl methyl sites for hydroxylation is 2. The minimum atomic E-state index is -4.10. The summed E-state index contributed by atoms with van der Waals surface area (Å²) in [6.07, 6.45) is 0. The van der Waals surface area contributed by atoms with Gasteiger partial charge in [-0.2, -0.15) is 0 Å². The molecule has 7 nitrogen and oxygen atoms in total. The van der Waals surface area contributed by atoms with Gasteiger partial charge in [-0.3, -0.25) is 9.10 Å². The highest BCUT2D eigenvalue weighted by atomic mass is 35.5. The molecule has 0 aliphatic rings. The smallest absolute Gasteiger partial charge is 0.338 e. The van der Waals surface area contributed by atoms with Crippen LogP contribution >= 0.6 is 23.2 Å². The molecule has 0 aliphatic carbocycles. The fraction of sp³-hybridized carbons (Fsp3) is 0.200. The van der Waals surface area contributed by atoms with E-state index in [1.807, 2.05) is 13.8 Å². The number of amides is 1. The first-order chi connectivity index (χ1) is 16.5. The van der Waals surface area contributed by atoms with Crippen LogP contribution in [0.25, 0.3) is 0 Å². The van der Waals surface area contributed by atoms with Crippen molar-refractivity contribution in [3.05, 3.63) is 87.4 Å². The van der Waals surface area contributed by atoms with Crippen molar-refractivity contribution in [2.24, 2.45) is 0 Å². The first-order valence-electron chi connectivity index (χ1n) is 10.6. The van der Waals surface area contributed by atoms with Gasteiger partial charge in [-0.1, -0.05) is 29.3 Å². The molecule has 0 spiro atoms. The van der Waals surface area contributed by atoms with E-state index in [1.54, 1.807) is 25.1 Å². The molecule has 0 bridgehead atoms. The fourth-order valence-corrected chi connectivity index (χ4v) is 4.97. The van der Waals surface area contributed by atoms with Gasteiger partial charge in [0.15, 0.2) is 0 Å². The number of anilines is 2. The molecule has 0 radical (unpaired) electrons. The summed E-state index contributed by atoms with van der Waals surface area (Å²) < 4.78 is 33.0. The number of esters is 1. The van der Waals surface area contributed by atoms with Gasteiger partial charge in [-0.05, 0) is 86.5 Å². The van der Waals surface area contributed by atoms with E-state index < -0.39 is 28.4 Å². The van der Waals surface area contributed by atoms with E-state index in [0.717, 1.165) is 15.4 Å². The van der Waals surface area contributed by atoms with Gasteiger partial charge in [-0.15, -0.1) is 0 Å². The van der Waals surface area contributed by atoms with Crippen molar-refractivity contribution in [1.82, 2.24) is 0 Å². The van der Waals surface area contributed by atoms with Crippen LogP contribution in [0.1, 0.15) is 28.4 Å². The molecule has 0 saturated heterocycles. The highest BCUT2D eigenvalue weighted by Crippen LogP contribution is 2.28. The molecule has 0 aromatic heterocycles. The number of hydrogen-bond donors (Lipinski definition) is 1. The Balaban J connectivity index is 1.92. The van der Waals surface area contributed by atoms with E-state index in [1.165, 1.54) is 42.5 Å². The molecular weight excluding hydrogens is 511 g/mol. The van der Waals surface area contributed by atoms with E-state index >= 15 is 0 Å². The number of nitrogens with zero attached hydrogens (tertiary/aromatic N) is 1. The molecule has 3 rings (SSSR count). The summed E-state index contributed by atoms with van der Waals surface area (Å²) in [4.78, 5) is 24.9. The molecule has 0 unspecified atom stereocenters. The normalized spacial score (nSPS) is 11.1. The van der Waals surface area contributed by atoms with Crippen molar-refractivity contribution in [2.45, 2.75) is 25.7 Å². The molecule has 10 heteroatoms. The van der Waals surface area contributed by atoms with Crippen LogP contribution in [0.4, 0.5) is 11.4 Å². The summed E-state index contributed by atoms with van der Waals surface area (Å²) in [6.45, 7) is 5.16. The Labute approximate surface area is 214 Å². The van der Waals surface area contributed by atoms with Crippen molar-refractivity contribution in [2.75, 3.05) is 22.8 Å². The van der Waals surface area contributed by atoms with Gasteiger partial charge in [0, 0.05) is 5.02 Å². The van der Waals surface area contributed by atoms with Crippen molar-refractivity contribution < 1.29 is 22.7 Å². The highest BCUT2D eigenvalue weighted by molar-refractivity contribution is 7.92. The molecule has 0 fully saturated rings. The van der Waals surface area contributed by atoms with E-state index in [4.69, 9.17) is 27.9 Å². The quantitative estimate of drug-likeness (QED) is 0.378.